The van der Waals surface area contributed by atoms with Crippen LogP contribution in [0.1, 0.15) is 18.4 Å². The number of anilines is 1. The van der Waals surface area contributed by atoms with Crippen LogP contribution in [0.3, 0.4) is 0 Å². The lowest BCUT2D eigenvalue weighted by molar-refractivity contribution is 0.222. The average Bonchev–Trinajstić information content (AvgIpc) is 2.41. The molecule has 0 spiro atoms. The maximum atomic E-state index is 9.14. The molecule has 0 atom stereocenters. The van der Waals surface area contributed by atoms with Crippen LogP contribution < -0.4 is 4.90 Å². The number of rotatable bonds is 4. The number of halogens is 1. The Kier molecular flexibility index (Phi) is 5.25. The number of likely N-dealkylation sites (tertiary alicyclic amines) is 1. The first-order chi connectivity index (χ1) is 9.10. The van der Waals surface area contributed by atoms with Crippen molar-refractivity contribution in [3.63, 3.8) is 0 Å². The van der Waals surface area contributed by atoms with E-state index in [1.165, 1.54) is 31.6 Å². The number of nitrogens with zero attached hydrogens (tertiary/aromatic N) is 2. The summed E-state index contributed by atoms with van der Waals surface area (Å²) in [6.45, 7) is 3.62. The Balaban J connectivity index is 1.97. The fourth-order valence-corrected chi connectivity index (χ4v) is 3.42. The zero-order valence-corrected chi connectivity index (χ0v) is 13.4. The normalized spacial score (nSPS) is 17.7. The van der Waals surface area contributed by atoms with Crippen LogP contribution in [0, 0.1) is 5.92 Å². The first kappa shape index (κ1) is 14.8. The van der Waals surface area contributed by atoms with Crippen LogP contribution in [0.5, 0.6) is 0 Å². The molecule has 0 saturated carbocycles. The van der Waals surface area contributed by atoms with Gasteiger partial charge in [0.25, 0.3) is 0 Å². The highest BCUT2D eigenvalue weighted by Crippen LogP contribution is 2.28. The number of piperidine rings is 1. The van der Waals surface area contributed by atoms with Crippen molar-refractivity contribution < 1.29 is 5.11 Å². The van der Waals surface area contributed by atoms with Crippen molar-refractivity contribution in [3.05, 3.63) is 28.2 Å². The molecule has 1 aromatic carbocycles. The Hall–Kier alpha value is -0.580. The molecular formula is C15H23BrN2O. The molecular weight excluding hydrogens is 304 g/mol. The van der Waals surface area contributed by atoms with Gasteiger partial charge < -0.3 is 14.9 Å². The first-order valence-electron chi connectivity index (χ1n) is 6.89. The molecule has 1 fully saturated rings. The highest BCUT2D eigenvalue weighted by atomic mass is 79.9. The minimum atomic E-state index is 0.0948. The first-order valence-corrected chi connectivity index (χ1v) is 7.68. The molecule has 0 aromatic heterocycles. The largest absolute Gasteiger partial charge is 0.392 e. The van der Waals surface area contributed by atoms with Crippen LogP contribution in [-0.4, -0.2) is 43.7 Å². The Morgan fingerprint density at radius 3 is 2.63 bits per heavy atom. The summed E-state index contributed by atoms with van der Waals surface area (Å²) >= 11 is 3.60. The second-order valence-electron chi connectivity index (χ2n) is 5.57. The van der Waals surface area contributed by atoms with Gasteiger partial charge in [0.15, 0.2) is 0 Å². The topological polar surface area (TPSA) is 26.7 Å². The molecule has 4 heteroatoms. The van der Waals surface area contributed by atoms with E-state index < -0.39 is 0 Å². The lowest BCUT2D eigenvalue weighted by Crippen LogP contribution is -2.35. The van der Waals surface area contributed by atoms with Crippen LogP contribution in [-0.2, 0) is 6.61 Å². The van der Waals surface area contributed by atoms with Crippen molar-refractivity contribution in [1.29, 1.82) is 0 Å². The highest BCUT2D eigenvalue weighted by molar-refractivity contribution is 9.10. The second-order valence-corrected chi connectivity index (χ2v) is 6.43. The van der Waals surface area contributed by atoms with E-state index in [2.05, 4.69) is 45.9 Å². The second kappa shape index (κ2) is 6.73. The lowest BCUT2D eigenvalue weighted by Gasteiger charge is -2.32. The highest BCUT2D eigenvalue weighted by Gasteiger charge is 2.19. The maximum Gasteiger partial charge on any atom is 0.0682 e. The summed E-state index contributed by atoms with van der Waals surface area (Å²) in [5, 5.41) is 9.14. The average molecular weight is 327 g/mol. The molecule has 106 valence electrons. The summed E-state index contributed by atoms with van der Waals surface area (Å²) < 4.78 is 1.06. The molecule has 1 aromatic rings. The van der Waals surface area contributed by atoms with Crippen LogP contribution >= 0.6 is 15.9 Å². The third kappa shape index (κ3) is 3.94. The predicted molar refractivity (Wildman–Crippen MR) is 83.6 cm³/mol. The number of aliphatic hydroxyl groups excluding tert-OH is 1. The lowest BCUT2D eigenvalue weighted by atomic mass is 9.96. The van der Waals surface area contributed by atoms with Gasteiger partial charge in [0, 0.05) is 18.1 Å². The minimum absolute atomic E-state index is 0.0948. The van der Waals surface area contributed by atoms with Crippen molar-refractivity contribution >= 4 is 21.6 Å². The molecule has 19 heavy (non-hydrogen) atoms. The predicted octanol–water partition coefficient (Wildman–Crippen LogP) is 2.72. The monoisotopic (exact) mass is 326 g/mol. The molecule has 0 amide bonds. The van der Waals surface area contributed by atoms with E-state index in [0.717, 1.165) is 22.5 Å². The molecule has 1 N–H and O–H groups in total. The third-order valence-electron chi connectivity index (χ3n) is 3.98. The van der Waals surface area contributed by atoms with Crippen molar-refractivity contribution in [2.45, 2.75) is 19.4 Å². The molecule has 0 radical (unpaired) electrons. The smallest absolute Gasteiger partial charge is 0.0682 e. The number of aliphatic hydroxyl groups is 1. The molecule has 0 aliphatic carbocycles. The summed E-state index contributed by atoms with van der Waals surface area (Å²) in [5.74, 6) is 0.783. The zero-order valence-electron chi connectivity index (χ0n) is 11.8. The summed E-state index contributed by atoms with van der Waals surface area (Å²) in [5.41, 5.74) is 2.15. The van der Waals surface area contributed by atoms with Crippen molar-refractivity contribution in [2.75, 3.05) is 38.6 Å². The molecule has 1 aliphatic heterocycles. The third-order valence-corrected chi connectivity index (χ3v) is 4.61. The molecule has 0 bridgehead atoms. The number of hydrogen-bond acceptors (Lipinski definition) is 3. The van der Waals surface area contributed by atoms with Gasteiger partial charge in [-0.25, -0.2) is 0 Å². The molecule has 3 nitrogen and oxygen atoms in total. The Labute approximate surface area is 124 Å². The van der Waals surface area contributed by atoms with E-state index >= 15 is 0 Å². The van der Waals surface area contributed by atoms with Crippen molar-refractivity contribution in [1.82, 2.24) is 4.90 Å². The summed E-state index contributed by atoms with van der Waals surface area (Å²) in [4.78, 5) is 4.73. The van der Waals surface area contributed by atoms with Gasteiger partial charge >= 0.3 is 0 Å². The standard InChI is InChI=1S/C15H23BrN2O/c1-17-7-5-12(6-8-17)10-18(2)15-4-3-13(11-19)9-14(15)16/h3-4,9,12,19H,5-8,10-11H2,1-2H3. The minimum Gasteiger partial charge on any atom is -0.392 e. The van der Waals surface area contributed by atoms with E-state index in [1.54, 1.807) is 0 Å². The van der Waals surface area contributed by atoms with E-state index in [9.17, 15) is 0 Å². The molecule has 1 saturated heterocycles. The van der Waals surface area contributed by atoms with Gasteiger partial charge in [0.2, 0.25) is 0 Å². The van der Waals surface area contributed by atoms with Gasteiger partial charge in [-0.15, -0.1) is 0 Å². The number of hydrogen-bond donors (Lipinski definition) is 1. The van der Waals surface area contributed by atoms with Crippen LogP contribution in [0.4, 0.5) is 5.69 Å². The van der Waals surface area contributed by atoms with Crippen molar-refractivity contribution in [2.24, 2.45) is 5.92 Å². The number of benzene rings is 1. The van der Waals surface area contributed by atoms with Crippen LogP contribution in [0.25, 0.3) is 0 Å². The molecule has 1 aliphatic rings. The Bertz CT molecular complexity index is 417. The van der Waals surface area contributed by atoms with Gasteiger partial charge in [-0.05, 0) is 72.5 Å². The van der Waals surface area contributed by atoms with Crippen LogP contribution in [0.2, 0.25) is 0 Å². The summed E-state index contributed by atoms with van der Waals surface area (Å²) in [6.07, 6.45) is 2.57. The van der Waals surface area contributed by atoms with Gasteiger partial charge in [0.1, 0.15) is 0 Å². The van der Waals surface area contributed by atoms with Crippen LogP contribution in [0.15, 0.2) is 22.7 Å². The SMILES string of the molecule is CN1CCC(CN(C)c2ccc(CO)cc2Br)CC1. The van der Waals surface area contributed by atoms with Gasteiger partial charge in [-0.2, -0.15) is 0 Å². The van der Waals surface area contributed by atoms with Crippen molar-refractivity contribution in [3.8, 4) is 0 Å². The van der Waals surface area contributed by atoms with Gasteiger partial charge in [-0.3, -0.25) is 0 Å². The molecule has 1 heterocycles. The fraction of sp³-hybridized carbons (Fsp3) is 0.600. The maximum absolute atomic E-state index is 9.14. The summed E-state index contributed by atoms with van der Waals surface area (Å²) in [6, 6.07) is 6.08. The Morgan fingerprint density at radius 2 is 2.05 bits per heavy atom. The van der Waals surface area contributed by atoms with Gasteiger partial charge in [0.05, 0.1) is 12.3 Å². The zero-order chi connectivity index (χ0) is 13.8. The molecule has 2 rings (SSSR count). The van der Waals surface area contributed by atoms with E-state index in [0.29, 0.717) is 0 Å². The van der Waals surface area contributed by atoms with E-state index in [4.69, 9.17) is 5.11 Å². The molecule has 0 unspecified atom stereocenters. The van der Waals surface area contributed by atoms with E-state index in [1.807, 2.05) is 12.1 Å². The Morgan fingerprint density at radius 1 is 1.37 bits per heavy atom. The summed E-state index contributed by atoms with van der Waals surface area (Å²) in [7, 11) is 4.35. The van der Waals surface area contributed by atoms with E-state index in [-0.39, 0.29) is 6.61 Å². The fourth-order valence-electron chi connectivity index (χ4n) is 2.69. The van der Waals surface area contributed by atoms with Gasteiger partial charge in [-0.1, -0.05) is 6.07 Å². The quantitative estimate of drug-likeness (QED) is 0.921.